The number of aromatic nitrogens is 4. The van der Waals surface area contributed by atoms with Gasteiger partial charge in [-0.3, -0.25) is 9.78 Å². The van der Waals surface area contributed by atoms with Crippen LogP contribution in [0.2, 0.25) is 0 Å². The SMILES string of the molecule is COC(=O)Cc1c(C(=O)OC)nnn1Cc1ccncc1. The first-order chi connectivity index (χ1) is 10.2. The Kier molecular flexibility index (Phi) is 4.60. The molecule has 0 spiro atoms. The molecule has 0 aromatic carbocycles. The number of carbonyl (C=O) groups is 2. The zero-order valence-corrected chi connectivity index (χ0v) is 11.6. The quantitative estimate of drug-likeness (QED) is 0.727. The van der Waals surface area contributed by atoms with Gasteiger partial charge in [0.2, 0.25) is 0 Å². The molecular formula is C13H14N4O4. The summed E-state index contributed by atoms with van der Waals surface area (Å²) < 4.78 is 10.7. The third kappa shape index (κ3) is 3.41. The average molecular weight is 290 g/mol. The highest BCUT2D eigenvalue weighted by atomic mass is 16.5. The van der Waals surface area contributed by atoms with Gasteiger partial charge in [0, 0.05) is 12.4 Å². The summed E-state index contributed by atoms with van der Waals surface area (Å²) in [6.07, 6.45) is 3.18. The van der Waals surface area contributed by atoms with Crippen LogP contribution in [0.15, 0.2) is 24.5 Å². The molecule has 0 saturated heterocycles. The van der Waals surface area contributed by atoms with Gasteiger partial charge in [-0.1, -0.05) is 5.21 Å². The van der Waals surface area contributed by atoms with E-state index < -0.39 is 11.9 Å². The molecule has 2 aromatic rings. The van der Waals surface area contributed by atoms with Crippen LogP contribution < -0.4 is 0 Å². The van der Waals surface area contributed by atoms with E-state index in [-0.39, 0.29) is 12.1 Å². The number of pyridine rings is 1. The Labute approximate surface area is 120 Å². The van der Waals surface area contributed by atoms with Crippen molar-refractivity contribution in [1.29, 1.82) is 0 Å². The summed E-state index contributed by atoms with van der Waals surface area (Å²) in [5.41, 5.74) is 1.28. The third-order valence-corrected chi connectivity index (χ3v) is 2.84. The zero-order chi connectivity index (χ0) is 15.2. The molecule has 2 rings (SSSR count). The van der Waals surface area contributed by atoms with Crippen molar-refractivity contribution in [2.45, 2.75) is 13.0 Å². The third-order valence-electron chi connectivity index (χ3n) is 2.84. The molecule has 0 amide bonds. The summed E-state index contributed by atoms with van der Waals surface area (Å²) in [7, 11) is 2.52. The van der Waals surface area contributed by atoms with Crippen LogP contribution in [0.5, 0.6) is 0 Å². The van der Waals surface area contributed by atoms with Crippen molar-refractivity contribution in [1.82, 2.24) is 20.0 Å². The van der Waals surface area contributed by atoms with Crippen molar-refractivity contribution in [3.05, 3.63) is 41.5 Å². The molecule has 110 valence electrons. The molecule has 0 radical (unpaired) electrons. The van der Waals surface area contributed by atoms with Crippen LogP contribution in [-0.2, 0) is 27.2 Å². The summed E-state index contributed by atoms with van der Waals surface area (Å²) in [4.78, 5) is 27.1. The minimum absolute atomic E-state index is 0.0111. The van der Waals surface area contributed by atoms with E-state index in [2.05, 4.69) is 24.8 Å². The van der Waals surface area contributed by atoms with Crippen LogP contribution in [0.3, 0.4) is 0 Å². The second-order valence-electron chi connectivity index (χ2n) is 4.14. The first kappa shape index (κ1) is 14.6. The molecule has 8 nitrogen and oxygen atoms in total. The number of hydrogen-bond donors (Lipinski definition) is 0. The maximum absolute atomic E-state index is 11.7. The largest absolute Gasteiger partial charge is 0.469 e. The van der Waals surface area contributed by atoms with Gasteiger partial charge in [0.25, 0.3) is 0 Å². The van der Waals surface area contributed by atoms with E-state index in [0.29, 0.717) is 12.2 Å². The first-order valence-corrected chi connectivity index (χ1v) is 6.12. The van der Waals surface area contributed by atoms with Gasteiger partial charge in [0.15, 0.2) is 5.69 Å². The molecule has 0 atom stereocenters. The summed E-state index contributed by atoms with van der Waals surface area (Å²) in [6, 6.07) is 3.61. The van der Waals surface area contributed by atoms with Crippen LogP contribution in [0.4, 0.5) is 0 Å². The van der Waals surface area contributed by atoms with Crippen LogP contribution in [0.1, 0.15) is 21.7 Å². The molecule has 0 bridgehead atoms. The second kappa shape index (κ2) is 6.60. The summed E-state index contributed by atoms with van der Waals surface area (Å²) >= 11 is 0. The average Bonchev–Trinajstić information content (AvgIpc) is 2.90. The van der Waals surface area contributed by atoms with Gasteiger partial charge < -0.3 is 9.47 Å². The van der Waals surface area contributed by atoms with Crippen molar-refractivity contribution in [3.63, 3.8) is 0 Å². The van der Waals surface area contributed by atoms with Crippen LogP contribution >= 0.6 is 0 Å². The Morgan fingerprint density at radius 1 is 1.19 bits per heavy atom. The minimum atomic E-state index is -0.644. The molecule has 0 N–H and O–H groups in total. The second-order valence-corrected chi connectivity index (χ2v) is 4.14. The molecule has 0 aliphatic heterocycles. The topological polar surface area (TPSA) is 96.2 Å². The van der Waals surface area contributed by atoms with Crippen molar-refractivity contribution >= 4 is 11.9 Å². The van der Waals surface area contributed by atoms with Crippen molar-refractivity contribution in [2.75, 3.05) is 14.2 Å². The number of ether oxygens (including phenoxy) is 2. The molecule has 0 saturated carbocycles. The molecule has 2 heterocycles. The molecule has 21 heavy (non-hydrogen) atoms. The summed E-state index contributed by atoms with van der Waals surface area (Å²) in [6.45, 7) is 0.360. The molecule has 0 fully saturated rings. The molecule has 2 aromatic heterocycles. The number of hydrogen-bond acceptors (Lipinski definition) is 7. The van der Waals surface area contributed by atoms with E-state index >= 15 is 0 Å². The van der Waals surface area contributed by atoms with Crippen LogP contribution in [0, 0.1) is 0 Å². The Bertz CT molecular complexity index is 639. The van der Waals surface area contributed by atoms with E-state index in [4.69, 9.17) is 0 Å². The Morgan fingerprint density at radius 2 is 1.90 bits per heavy atom. The molecule has 0 aliphatic carbocycles. The van der Waals surface area contributed by atoms with Crippen LogP contribution in [0.25, 0.3) is 0 Å². The fraction of sp³-hybridized carbons (Fsp3) is 0.308. The summed E-state index contributed by atoms with van der Waals surface area (Å²) in [5.74, 6) is -1.13. The lowest BCUT2D eigenvalue weighted by atomic mass is 10.2. The summed E-state index contributed by atoms with van der Waals surface area (Å²) in [5, 5.41) is 7.69. The number of esters is 2. The molecule has 8 heteroatoms. The van der Waals surface area contributed by atoms with Gasteiger partial charge in [-0.2, -0.15) is 0 Å². The highest BCUT2D eigenvalue weighted by Gasteiger charge is 2.22. The van der Waals surface area contributed by atoms with E-state index in [0.717, 1.165) is 5.56 Å². The van der Waals surface area contributed by atoms with Crippen molar-refractivity contribution in [3.8, 4) is 0 Å². The van der Waals surface area contributed by atoms with Crippen LogP contribution in [-0.4, -0.2) is 46.1 Å². The van der Waals surface area contributed by atoms with Crippen molar-refractivity contribution in [2.24, 2.45) is 0 Å². The highest BCUT2D eigenvalue weighted by molar-refractivity contribution is 5.89. The maximum atomic E-state index is 11.7. The van der Waals surface area contributed by atoms with E-state index in [9.17, 15) is 9.59 Å². The fourth-order valence-corrected chi connectivity index (χ4v) is 1.76. The van der Waals surface area contributed by atoms with Gasteiger partial charge >= 0.3 is 11.9 Å². The lowest BCUT2D eigenvalue weighted by Crippen LogP contribution is -2.15. The molecule has 0 aliphatic rings. The highest BCUT2D eigenvalue weighted by Crippen LogP contribution is 2.11. The lowest BCUT2D eigenvalue weighted by molar-refractivity contribution is -0.139. The fourth-order valence-electron chi connectivity index (χ4n) is 1.76. The van der Waals surface area contributed by atoms with E-state index in [1.165, 1.54) is 18.9 Å². The standard InChI is InChI=1S/C13H14N4O4/c1-20-11(18)7-10-12(13(19)21-2)15-16-17(10)8-9-3-5-14-6-4-9/h3-6H,7-8H2,1-2H3. The van der Waals surface area contributed by atoms with Crippen molar-refractivity contribution < 1.29 is 19.1 Å². The smallest absolute Gasteiger partial charge is 0.360 e. The van der Waals surface area contributed by atoms with Gasteiger partial charge in [0.05, 0.1) is 32.9 Å². The number of rotatable bonds is 5. The Morgan fingerprint density at radius 3 is 2.52 bits per heavy atom. The predicted octanol–water partition coefficient (Wildman–Crippen LogP) is 0.223. The minimum Gasteiger partial charge on any atom is -0.469 e. The van der Waals surface area contributed by atoms with Gasteiger partial charge in [0.1, 0.15) is 0 Å². The molecule has 0 unspecified atom stereocenters. The Balaban J connectivity index is 2.34. The first-order valence-electron chi connectivity index (χ1n) is 6.12. The van der Waals surface area contributed by atoms with Gasteiger partial charge in [-0.25, -0.2) is 9.48 Å². The predicted molar refractivity (Wildman–Crippen MR) is 70.4 cm³/mol. The lowest BCUT2D eigenvalue weighted by Gasteiger charge is -2.06. The van der Waals surface area contributed by atoms with Gasteiger partial charge in [-0.05, 0) is 17.7 Å². The maximum Gasteiger partial charge on any atom is 0.360 e. The molecular weight excluding hydrogens is 276 g/mol. The Hall–Kier alpha value is -2.77. The normalized spacial score (nSPS) is 10.2. The zero-order valence-electron chi connectivity index (χ0n) is 11.6. The van der Waals surface area contributed by atoms with E-state index in [1.54, 1.807) is 24.5 Å². The van der Waals surface area contributed by atoms with E-state index in [1.807, 2.05) is 0 Å². The number of carbonyl (C=O) groups excluding carboxylic acids is 2. The number of methoxy groups -OCH3 is 2. The number of nitrogens with zero attached hydrogens (tertiary/aromatic N) is 4. The monoisotopic (exact) mass is 290 g/mol. The van der Waals surface area contributed by atoms with Gasteiger partial charge in [-0.15, -0.1) is 5.10 Å².